The Morgan fingerprint density at radius 1 is 1.20 bits per heavy atom. The first-order valence-electron chi connectivity index (χ1n) is 4.67. The number of hydrogen-bond donors (Lipinski definition) is 2. The summed E-state index contributed by atoms with van der Waals surface area (Å²) in [4.78, 5) is 4.24. The SMILES string of the molecule is Cc1ccc(-c2nc(N)sc2N)c(C)c1. The van der Waals surface area contributed by atoms with Crippen LogP contribution >= 0.6 is 11.3 Å². The summed E-state index contributed by atoms with van der Waals surface area (Å²) >= 11 is 1.32. The summed E-state index contributed by atoms with van der Waals surface area (Å²) < 4.78 is 0. The lowest BCUT2D eigenvalue weighted by molar-refractivity contribution is 1.34. The molecule has 0 fully saturated rings. The van der Waals surface area contributed by atoms with Crippen LogP contribution in [0.1, 0.15) is 11.1 Å². The second kappa shape index (κ2) is 3.55. The van der Waals surface area contributed by atoms with Crippen molar-refractivity contribution in [3.05, 3.63) is 29.3 Å². The molecule has 2 rings (SSSR count). The van der Waals surface area contributed by atoms with E-state index in [0.29, 0.717) is 10.1 Å². The molecule has 0 aliphatic carbocycles. The highest BCUT2D eigenvalue weighted by Crippen LogP contribution is 2.33. The molecule has 0 saturated heterocycles. The molecule has 1 aromatic heterocycles. The number of rotatable bonds is 1. The predicted octanol–water partition coefficient (Wildman–Crippen LogP) is 2.59. The van der Waals surface area contributed by atoms with Crippen molar-refractivity contribution in [2.75, 3.05) is 11.5 Å². The molecule has 1 heterocycles. The first-order valence-corrected chi connectivity index (χ1v) is 5.49. The van der Waals surface area contributed by atoms with Crippen LogP contribution in [0.15, 0.2) is 18.2 Å². The first-order chi connectivity index (χ1) is 7.08. The van der Waals surface area contributed by atoms with Crippen LogP contribution in [0.25, 0.3) is 11.3 Å². The van der Waals surface area contributed by atoms with Gasteiger partial charge in [0, 0.05) is 5.56 Å². The number of benzene rings is 1. The lowest BCUT2D eigenvalue weighted by atomic mass is 10.0. The van der Waals surface area contributed by atoms with Crippen LogP contribution in [0, 0.1) is 13.8 Å². The van der Waals surface area contributed by atoms with Crippen LogP contribution in [0.3, 0.4) is 0 Å². The Balaban J connectivity index is 2.59. The van der Waals surface area contributed by atoms with E-state index in [9.17, 15) is 0 Å². The van der Waals surface area contributed by atoms with Gasteiger partial charge in [0.2, 0.25) is 0 Å². The summed E-state index contributed by atoms with van der Waals surface area (Å²) in [6.45, 7) is 4.12. The van der Waals surface area contributed by atoms with Crippen molar-refractivity contribution in [1.29, 1.82) is 0 Å². The molecule has 2 aromatic rings. The molecule has 0 aliphatic heterocycles. The summed E-state index contributed by atoms with van der Waals surface area (Å²) in [7, 11) is 0. The Morgan fingerprint density at radius 3 is 2.47 bits per heavy atom. The molecule has 0 aliphatic rings. The van der Waals surface area contributed by atoms with Gasteiger partial charge in [0.15, 0.2) is 5.13 Å². The maximum Gasteiger partial charge on any atom is 0.182 e. The van der Waals surface area contributed by atoms with E-state index in [1.807, 2.05) is 6.07 Å². The first kappa shape index (κ1) is 9.98. The normalized spacial score (nSPS) is 10.5. The molecule has 0 unspecified atom stereocenters. The molecular formula is C11H13N3S. The summed E-state index contributed by atoms with van der Waals surface area (Å²) in [5.74, 6) is 0. The van der Waals surface area contributed by atoms with Gasteiger partial charge in [0.05, 0.1) is 0 Å². The van der Waals surface area contributed by atoms with Crippen molar-refractivity contribution in [3.63, 3.8) is 0 Å². The number of aromatic nitrogens is 1. The summed E-state index contributed by atoms with van der Waals surface area (Å²) in [6.07, 6.45) is 0. The molecule has 1 aromatic carbocycles. The van der Waals surface area contributed by atoms with Gasteiger partial charge in [-0.1, -0.05) is 35.1 Å². The van der Waals surface area contributed by atoms with Gasteiger partial charge in [-0.3, -0.25) is 0 Å². The van der Waals surface area contributed by atoms with Crippen molar-refractivity contribution < 1.29 is 0 Å². The monoisotopic (exact) mass is 219 g/mol. The van der Waals surface area contributed by atoms with E-state index in [1.54, 1.807) is 0 Å². The lowest BCUT2D eigenvalue weighted by Gasteiger charge is -2.04. The topological polar surface area (TPSA) is 64.9 Å². The second-order valence-electron chi connectivity index (χ2n) is 3.58. The van der Waals surface area contributed by atoms with E-state index in [2.05, 4.69) is 31.0 Å². The van der Waals surface area contributed by atoms with Crippen molar-refractivity contribution >= 4 is 21.5 Å². The standard InChI is InChI=1S/C11H13N3S/c1-6-3-4-8(7(2)5-6)9-10(12)15-11(13)14-9/h3-5H,12H2,1-2H3,(H2,13,14). The van der Waals surface area contributed by atoms with Crippen LogP contribution in [0.4, 0.5) is 10.1 Å². The van der Waals surface area contributed by atoms with Gasteiger partial charge in [-0.2, -0.15) is 0 Å². The van der Waals surface area contributed by atoms with Crippen LogP contribution in [0.5, 0.6) is 0 Å². The molecular weight excluding hydrogens is 206 g/mol. The third-order valence-electron chi connectivity index (χ3n) is 2.31. The Morgan fingerprint density at radius 2 is 1.93 bits per heavy atom. The highest BCUT2D eigenvalue weighted by atomic mass is 32.1. The van der Waals surface area contributed by atoms with Crippen molar-refractivity contribution in [1.82, 2.24) is 4.98 Å². The quantitative estimate of drug-likeness (QED) is 0.774. The van der Waals surface area contributed by atoms with Crippen LogP contribution in [0.2, 0.25) is 0 Å². The fourth-order valence-electron chi connectivity index (χ4n) is 1.62. The van der Waals surface area contributed by atoms with E-state index in [0.717, 1.165) is 11.3 Å². The minimum absolute atomic E-state index is 0.516. The third kappa shape index (κ3) is 1.80. The highest BCUT2D eigenvalue weighted by molar-refractivity contribution is 7.19. The van der Waals surface area contributed by atoms with Gasteiger partial charge in [-0.05, 0) is 19.4 Å². The highest BCUT2D eigenvalue weighted by Gasteiger charge is 2.10. The Hall–Kier alpha value is -1.55. The fraction of sp³-hybridized carbons (Fsp3) is 0.182. The lowest BCUT2D eigenvalue weighted by Crippen LogP contribution is -1.90. The summed E-state index contributed by atoms with van der Waals surface area (Å²) in [5.41, 5.74) is 15.8. The van der Waals surface area contributed by atoms with Crippen LogP contribution in [-0.2, 0) is 0 Å². The third-order valence-corrected chi connectivity index (χ3v) is 3.02. The van der Waals surface area contributed by atoms with E-state index in [1.165, 1.54) is 22.5 Å². The van der Waals surface area contributed by atoms with E-state index >= 15 is 0 Å². The van der Waals surface area contributed by atoms with Gasteiger partial charge in [0.25, 0.3) is 0 Å². The Bertz CT molecular complexity index is 503. The van der Waals surface area contributed by atoms with Crippen molar-refractivity contribution in [3.8, 4) is 11.3 Å². The molecule has 0 radical (unpaired) electrons. The van der Waals surface area contributed by atoms with Gasteiger partial charge in [0.1, 0.15) is 10.7 Å². The predicted molar refractivity (Wildman–Crippen MR) is 65.8 cm³/mol. The van der Waals surface area contributed by atoms with Crippen LogP contribution in [-0.4, -0.2) is 4.98 Å². The zero-order valence-electron chi connectivity index (χ0n) is 8.74. The maximum atomic E-state index is 5.86. The second-order valence-corrected chi connectivity index (χ2v) is 4.65. The largest absolute Gasteiger partial charge is 0.389 e. The van der Waals surface area contributed by atoms with Gasteiger partial charge >= 0.3 is 0 Å². The minimum atomic E-state index is 0.516. The molecule has 0 amide bonds. The van der Waals surface area contributed by atoms with E-state index in [4.69, 9.17) is 11.5 Å². The number of hydrogen-bond acceptors (Lipinski definition) is 4. The number of thiazole rings is 1. The van der Waals surface area contributed by atoms with Gasteiger partial charge < -0.3 is 11.5 Å². The molecule has 78 valence electrons. The zero-order chi connectivity index (χ0) is 11.0. The number of aryl methyl sites for hydroxylation is 2. The Labute approximate surface area is 92.8 Å². The van der Waals surface area contributed by atoms with Crippen molar-refractivity contribution in [2.24, 2.45) is 0 Å². The van der Waals surface area contributed by atoms with E-state index < -0.39 is 0 Å². The number of nitrogens with zero attached hydrogens (tertiary/aromatic N) is 1. The fourth-order valence-corrected chi connectivity index (χ4v) is 2.24. The van der Waals surface area contributed by atoms with Gasteiger partial charge in [-0.15, -0.1) is 0 Å². The molecule has 15 heavy (non-hydrogen) atoms. The average Bonchev–Trinajstić information content (AvgIpc) is 2.45. The smallest absolute Gasteiger partial charge is 0.182 e. The molecule has 3 nitrogen and oxygen atoms in total. The molecule has 0 spiro atoms. The maximum absolute atomic E-state index is 5.86. The number of nitrogens with two attached hydrogens (primary N) is 2. The van der Waals surface area contributed by atoms with Crippen LogP contribution < -0.4 is 11.5 Å². The average molecular weight is 219 g/mol. The molecule has 0 saturated carbocycles. The molecule has 0 atom stereocenters. The molecule has 4 N–H and O–H groups in total. The van der Waals surface area contributed by atoms with E-state index in [-0.39, 0.29) is 0 Å². The summed E-state index contributed by atoms with van der Waals surface area (Å²) in [5, 5.41) is 1.20. The zero-order valence-corrected chi connectivity index (χ0v) is 9.56. The summed E-state index contributed by atoms with van der Waals surface area (Å²) in [6, 6.07) is 6.21. The van der Waals surface area contributed by atoms with Crippen molar-refractivity contribution in [2.45, 2.75) is 13.8 Å². The van der Waals surface area contributed by atoms with Gasteiger partial charge in [-0.25, -0.2) is 4.98 Å². The molecule has 4 heteroatoms. The minimum Gasteiger partial charge on any atom is -0.389 e. The number of nitrogen functional groups attached to an aromatic ring is 2. The molecule has 0 bridgehead atoms. The Kier molecular flexibility index (Phi) is 2.36. The number of anilines is 2.